The first kappa shape index (κ1) is 33.9. The fourth-order valence-corrected chi connectivity index (χ4v) is 11.6. The van der Waals surface area contributed by atoms with Gasteiger partial charge in [-0.1, -0.05) is 138 Å². The van der Waals surface area contributed by atoms with Gasteiger partial charge in [-0.25, -0.2) is 4.79 Å². The first-order chi connectivity index (χ1) is 21.1. The lowest BCUT2D eigenvalue weighted by Crippen LogP contribution is -2.67. The van der Waals surface area contributed by atoms with Crippen molar-refractivity contribution in [2.75, 3.05) is 6.61 Å². The number of carbonyl (C=O) groups is 1. The maximum atomic E-state index is 12.7. The van der Waals surface area contributed by atoms with Crippen LogP contribution in [-0.2, 0) is 20.6 Å². The Hall–Kier alpha value is -2.99. The molecule has 4 nitrogen and oxygen atoms in total. The fraction of sp³-hybridized carbons (Fsp3) is 0.462. The minimum atomic E-state index is -2.62. The van der Waals surface area contributed by atoms with E-state index in [2.05, 4.69) is 107 Å². The number of benzene rings is 3. The van der Waals surface area contributed by atoms with Crippen LogP contribution in [0.1, 0.15) is 85.6 Å². The van der Waals surface area contributed by atoms with Crippen LogP contribution in [-0.4, -0.2) is 32.5 Å². The van der Waals surface area contributed by atoms with E-state index in [1.807, 2.05) is 37.3 Å². The molecule has 1 fully saturated rings. The van der Waals surface area contributed by atoms with Gasteiger partial charge in [-0.2, -0.15) is 0 Å². The quantitative estimate of drug-likeness (QED) is 0.121. The monoisotopic (exact) mass is 611 g/mol. The van der Waals surface area contributed by atoms with Crippen LogP contribution in [0.15, 0.2) is 103 Å². The molecule has 1 N–H and O–H groups in total. The molecule has 0 radical (unpaired) electrons. The SMILES string of the molecule is CCCC(CO[Si](c1ccccc1)(c1ccccc1)C(C)(C)C)[C@]1(C)CCC[C@H](C/C=C(/C)C(=O)OCc2ccccc2)N1. The second-order valence-corrected chi connectivity index (χ2v) is 18.1. The van der Waals surface area contributed by atoms with Crippen LogP contribution in [0.5, 0.6) is 0 Å². The average molecular weight is 612 g/mol. The third-order valence-electron chi connectivity index (χ3n) is 9.48. The molecule has 0 bridgehead atoms. The minimum absolute atomic E-state index is 0.0418. The molecule has 3 aromatic carbocycles. The smallest absolute Gasteiger partial charge is 0.333 e. The van der Waals surface area contributed by atoms with Crippen molar-refractivity contribution in [3.63, 3.8) is 0 Å². The first-order valence-corrected chi connectivity index (χ1v) is 18.4. The maximum Gasteiger partial charge on any atom is 0.333 e. The van der Waals surface area contributed by atoms with Gasteiger partial charge in [-0.3, -0.25) is 0 Å². The Morgan fingerprint density at radius 3 is 2.09 bits per heavy atom. The molecule has 5 heteroatoms. The summed E-state index contributed by atoms with van der Waals surface area (Å²) in [7, 11) is -2.62. The summed E-state index contributed by atoms with van der Waals surface area (Å²) in [6.07, 6.45) is 8.49. The molecule has 0 aliphatic carbocycles. The van der Waals surface area contributed by atoms with Crippen LogP contribution < -0.4 is 15.7 Å². The van der Waals surface area contributed by atoms with E-state index in [0.717, 1.165) is 44.3 Å². The topological polar surface area (TPSA) is 47.6 Å². The van der Waals surface area contributed by atoms with E-state index in [9.17, 15) is 4.79 Å². The molecule has 0 spiro atoms. The molecule has 0 amide bonds. The molecule has 236 valence electrons. The van der Waals surface area contributed by atoms with Crippen LogP contribution in [0.25, 0.3) is 0 Å². The molecule has 44 heavy (non-hydrogen) atoms. The van der Waals surface area contributed by atoms with E-state index in [-0.39, 0.29) is 16.5 Å². The van der Waals surface area contributed by atoms with Crippen molar-refractivity contribution >= 4 is 24.7 Å². The van der Waals surface area contributed by atoms with Gasteiger partial charge in [0.15, 0.2) is 0 Å². The van der Waals surface area contributed by atoms with Crippen LogP contribution in [0.4, 0.5) is 0 Å². The van der Waals surface area contributed by atoms with Gasteiger partial charge in [0.05, 0.1) is 0 Å². The zero-order valence-electron chi connectivity index (χ0n) is 27.8. The Kier molecular flexibility index (Phi) is 11.8. The number of ether oxygens (including phenoxy) is 1. The molecule has 3 atom stereocenters. The molecule has 3 aromatic rings. The van der Waals surface area contributed by atoms with Gasteiger partial charge < -0.3 is 14.5 Å². The summed E-state index contributed by atoms with van der Waals surface area (Å²) in [4.78, 5) is 12.7. The number of nitrogens with one attached hydrogen (secondary N) is 1. The molecule has 1 unspecified atom stereocenters. The Bertz CT molecular complexity index is 1300. The lowest BCUT2D eigenvalue weighted by Gasteiger charge is -2.48. The lowest BCUT2D eigenvalue weighted by atomic mass is 9.75. The van der Waals surface area contributed by atoms with Crippen LogP contribution in [0.3, 0.4) is 0 Å². The zero-order chi connectivity index (χ0) is 31.6. The van der Waals surface area contributed by atoms with E-state index in [1.54, 1.807) is 0 Å². The molecule has 1 aliphatic rings. The number of hydrogen-bond acceptors (Lipinski definition) is 4. The van der Waals surface area contributed by atoms with Crippen LogP contribution >= 0.6 is 0 Å². The minimum Gasteiger partial charge on any atom is -0.457 e. The third-order valence-corrected chi connectivity index (χ3v) is 14.5. The van der Waals surface area contributed by atoms with Gasteiger partial charge in [0.2, 0.25) is 0 Å². The molecule has 1 saturated heterocycles. The zero-order valence-corrected chi connectivity index (χ0v) is 28.8. The molecule has 0 aromatic heterocycles. The van der Waals surface area contributed by atoms with Crippen LogP contribution in [0.2, 0.25) is 5.04 Å². The molecule has 1 aliphatic heterocycles. The largest absolute Gasteiger partial charge is 0.457 e. The predicted molar refractivity (Wildman–Crippen MR) is 186 cm³/mol. The average Bonchev–Trinajstić information content (AvgIpc) is 3.03. The molecular weight excluding hydrogens is 559 g/mol. The number of rotatable bonds is 13. The fourth-order valence-electron chi connectivity index (χ4n) is 6.99. The van der Waals surface area contributed by atoms with Crippen molar-refractivity contribution in [1.29, 1.82) is 0 Å². The summed E-state index contributed by atoms with van der Waals surface area (Å²) in [5.74, 6) is 0.132. The van der Waals surface area contributed by atoms with Gasteiger partial charge in [0.25, 0.3) is 8.32 Å². The summed E-state index contributed by atoms with van der Waals surface area (Å²) < 4.78 is 13.0. The van der Waals surface area contributed by atoms with Crippen molar-refractivity contribution in [2.45, 2.75) is 103 Å². The van der Waals surface area contributed by atoms with Gasteiger partial charge in [-0.05, 0) is 66.4 Å². The molecular formula is C39H53NO3Si. The number of hydrogen-bond donors (Lipinski definition) is 1. The summed E-state index contributed by atoms with van der Waals surface area (Å²) in [6.45, 7) is 14.6. The maximum absolute atomic E-state index is 12.7. The van der Waals surface area contributed by atoms with Crippen molar-refractivity contribution in [1.82, 2.24) is 5.32 Å². The van der Waals surface area contributed by atoms with Crippen LogP contribution in [0, 0.1) is 5.92 Å². The Morgan fingerprint density at radius 1 is 0.977 bits per heavy atom. The summed E-state index contributed by atoms with van der Waals surface area (Å²) in [5.41, 5.74) is 1.63. The third kappa shape index (κ3) is 8.18. The Balaban J connectivity index is 1.50. The predicted octanol–water partition coefficient (Wildman–Crippen LogP) is 7.96. The van der Waals surface area contributed by atoms with E-state index in [0.29, 0.717) is 24.1 Å². The second kappa shape index (κ2) is 15.3. The highest BCUT2D eigenvalue weighted by Gasteiger charge is 2.51. The van der Waals surface area contributed by atoms with E-state index in [1.165, 1.54) is 16.8 Å². The van der Waals surface area contributed by atoms with Gasteiger partial charge >= 0.3 is 5.97 Å². The Morgan fingerprint density at radius 2 is 1.55 bits per heavy atom. The molecule has 1 heterocycles. The highest BCUT2D eigenvalue weighted by Crippen LogP contribution is 2.39. The summed E-state index contributed by atoms with van der Waals surface area (Å²) in [5, 5.41) is 6.67. The van der Waals surface area contributed by atoms with Crippen molar-refractivity contribution in [2.24, 2.45) is 5.92 Å². The van der Waals surface area contributed by atoms with E-state index < -0.39 is 8.32 Å². The standard InChI is InChI=1S/C39H53NO3Si/c1-7-18-33(30-43-44(38(3,4)5,35-22-13-9-14-23-35)36-24-15-10-16-25-36)39(6)28-17-21-34(40-39)27-26-31(2)37(41)42-29-32-19-11-8-12-20-32/h8-16,19-20,22-26,33-34,40H,7,17-18,21,27-30H2,1-6H3/b31-26-/t33?,34-,39+/m1/s1. The summed E-state index contributed by atoms with van der Waals surface area (Å²) in [6, 6.07) is 32.1. The highest BCUT2D eigenvalue weighted by molar-refractivity contribution is 6.99. The van der Waals surface area contributed by atoms with E-state index in [4.69, 9.17) is 9.16 Å². The van der Waals surface area contributed by atoms with Gasteiger partial charge in [-0.15, -0.1) is 0 Å². The van der Waals surface area contributed by atoms with Crippen molar-refractivity contribution in [3.8, 4) is 0 Å². The molecule has 0 saturated carbocycles. The lowest BCUT2D eigenvalue weighted by molar-refractivity contribution is -0.140. The molecule has 4 rings (SSSR count). The van der Waals surface area contributed by atoms with Gasteiger partial charge in [0.1, 0.15) is 6.61 Å². The number of esters is 1. The number of piperidine rings is 1. The normalized spacial score (nSPS) is 20.2. The van der Waals surface area contributed by atoms with E-state index >= 15 is 0 Å². The van der Waals surface area contributed by atoms with Gasteiger partial charge in [0, 0.05) is 23.8 Å². The second-order valence-electron chi connectivity index (χ2n) is 13.8. The summed E-state index contributed by atoms with van der Waals surface area (Å²) >= 11 is 0. The number of carbonyl (C=O) groups excluding carboxylic acids is 1. The van der Waals surface area contributed by atoms with Crippen molar-refractivity contribution in [3.05, 3.63) is 108 Å². The first-order valence-electron chi connectivity index (χ1n) is 16.5. The Labute approximate surface area is 267 Å². The van der Waals surface area contributed by atoms with Crippen molar-refractivity contribution < 1.29 is 14.0 Å². The highest BCUT2D eigenvalue weighted by atomic mass is 28.4.